The molecule has 0 saturated carbocycles. The maximum atomic E-state index is 12.5. The number of hydrogen-bond donors (Lipinski definition) is 1. The minimum Gasteiger partial charge on any atom is -0.383 e. The average Bonchev–Trinajstić information content (AvgIpc) is 2.46. The van der Waals surface area contributed by atoms with Gasteiger partial charge in [-0.3, -0.25) is 9.59 Å². The highest BCUT2D eigenvalue weighted by molar-refractivity contribution is 6.04. The molecule has 1 aliphatic rings. The largest absolute Gasteiger partial charge is 0.383 e. The zero-order valence-corrected chi connectivity index (χ0v) is 13.1. The van der Waals surface area contributed by atoms with Crippen molar-refractivity contribution in [1.82, 2.24) is 15.1 Å². The van der Waals surface area contributed by atoms with Crippen LogP contribution in [-0.4, -0.2) is 74.6 Å². The first-order chi connectivity index (χ1) is 9.43. The molecule has 1 heterocycles. The number of nitrogens with zero attached hydrogens (tertiary/aromatic N) is 2. The van der Waals surface area contributed by atoms with E-state index in [4.69, 9.17) is 4.74 Å². The first kappa shape index (κ1) is 16.9. The molecule has 0 aliphatic carbocycles. The highest BCUT2D eigenvalue weighted by Gasteiger charge is 2.39. The summed E-state index contributed by atoms with van der Waals surface area (Å²) in [6.45, 7) is 10.5. The summed E-state index contributed by atoms with van der Waals surface area (Å²) in [4.78, 5) is 28.7. The molecule has 0 aromatic carbocycles. The molecular weight excluding hydrogens is 258 g/mol. The zero-order chi connectivity index (χ0) is 15.2. The van der Waals surface area contributed by atoms with E-state index in [0.717, 1.165) is 19.6 Å². The first-order valence-electron chi connectivity index (χ1n) is 7.22. The second-order valence-electron chi connectivity index (χ2n) is 5.60. The lowest BCUT2D eigenvalue weighted by Gasteiger charge is -2.37. The van der Waals surface area contributed by atoms with E-state index in [1.807, 2.05) is 0 Å². The summed E-state index contributed by atoms with van der Waals surface area (Å²) in [5, 5.41) is 2.74. The first-order valence-corrected chi connectivity index (χ1v) is 7.22. The minimum atomic E-state index is -1.03. The molecule has 20 heavy (non-hydrogen) atoms. The maximum Gasteiger partial charge on any atom is 0.237 e. The molecule has 0 bridgehead atoms. The number of carbonyl (C=O) groups is 2. The van der Waals surface area contributed by atoms with Crippen molar-refractivity contribution < 1.29 is 14.3 Å². The summed E-state index contributed by atoms with van der Waals surface area (Å²) < 4.78 is 4.89. The van der Waals surface area contributed by atoms with Crippen LogP contribution < -0.4 is 5.32 Å². The van der Waals surface area contributed by atoms with Crippen LogP contribution in [0.4, 0.5) is 0 Å². The summed E-state index contributed by atoms with van der Waals surface area (Å²) in [5.74, 6) is -0.333. The highest BCUT2D eigenvalue weighted by Crippen LogP contribution is 2.20. The van der Waals surface area contributed by atoms with E-state index in [2.05, 4.69) is 17.1 Å². The molecule has 0 atom stereocenters. The van der Waals surface area contributed by atoms with Gasteiger partial charge < -0.3 is 19.9 Å². The standard InChI is InChI=1S/C14H27N3O3/c1-5-16-7-9-17(10-8-16)13(19)14(2,3)12(18)15-6-11-20-4/h5-11H2,1-4H3,(H,15,18). The van der Waals surface area contributed by atoms with Gasteiger partial charge in [-0.25, -0.2) is 0 Å². The SMILES string of the molecule is CCN1CCN(C(=O)C(C)(C)C(=O)NCCOC)CC1. The van der Waals surface area contributed by atoms with Gasteiger partial charge in [-0.2, -0.15) is 0 Å². The van der Waals surface area contributed by atoms with Gasteiger partial charge in [0.15, 0.2) is 0 Å². The van der Waals surface area contributed by atoms with Crippen molar-refractivity contribution in [3.63, 3.8) is 0 Å². The number of nitrogens with one attached hydrogen (secondary N) is 1. The Bertz CT molecular complexity index is 337. The van der Waals surface area contributed by atoms with Crippen molar-refractivity contribution in [2.24, 2.45) is 5.41 Å². The number of piperazine rings is 1. The van der Waals surface area contributed by atoms with E-state index in [-0.39, 0.29) is 11.8 Å². The van der Waals surface area contributed by atoms with Crippen molar-refractivity contribution in [1.29, 1.82) is 0 Å². The third kappa shape index (κ3) is 4.18. The molecule has 2 amide bonds. The predicted octanol–water partition coefficient (Wildman–Crippen LogP) is -0.0607. The Balaban J connectivity index is 2.53. The van der Waals surface area contributed by atoms with Gasteiger partial charge in [0.05, 0.1) is 6.61 Å². The average molecular weight is 285 g/mol. The van der Waals surface area contributed by atoms with Gasteiger partial charge in [-0.15, -0.1) is 0 Å². The molecule has 0 aromatic heterocycles. The lowest BCUT2D eigenvalue weighted by atomic mass is 9.90. The predicted molar refractivity (Wildman–Crippen MR) is 77.4 cm³/mol. The van der Waals surface area contributed by atoms with Gasteiger partial charge in [0.2, 0.25) is 11.8 Å². The molecule has 1 rings (SSSR count). The molecule has 1 aliphatic heterocycles. The normalized spacial score (nSPS) is 17.1. The Morgan fingerprint density at radius 3 is 2.30 bits per heavy atom. The van der Waals surface area contributed by atoms with E-state index in [0.29, 0.717) is 26.2 Å². The van der Waals surface area contributed by atoms with E-state index in [1.54, 1.807) is 25.9 Å². The van der Waals surface area contributed by atoms with E-state index in [9.17, 15) is 9.59 Å². The van der Waals surface area contributed by atoms with E-state index < -0.39 is 5.41 Å². The number of rotatable bonds is 6. The van der Waals surface area contributed by atoms with Crippen LogP contribution in [0.3, 0.4) is 0 Å². The van der Waals surface area contributed by atoms with Crippen LogP contribution in [0.25, 0.3) is 0 Å². The summed E-state index contributed by atoms with van der Waals surface area (Å²) in [5.41, 5.74) is -1.03. The summed E-state index contributed by atoms with van der Waals surface area (Å²) in [6, 6.07) is 0. The number of carbonyl (C=O) groups excluding carboxylic acids is 2. The van der Waals surface area contributed by atoms with Gasteiger partial charge in [0.25, 0.3) is 0 Å². The molecular formula is C14H27N3O3. The summed E-state index contributed by atoms with van der Waals surface area (Å²) in [6.07, 6.45) is 0. The molecule has 0 radical (unpaired) electrons. The van der Waals surface area contributed by atoms with Crippen LogP contribution >= 0.6 is 0 Å². The Labute approximate surface area is 121 Å². The lowest BCUT2D eigenvalue weighted by Crippen LogP contribution is -2.55. The fraction of sp³-hybridized carbons (Fsp3) is 0.857. The Hall–Kier alpha value is -1.14. The van der Waals surface area contributed by atoms with Crippen molar-refractivity contribution in [2.45, 2.75) is 20.8 Å². The van der Waals surface area contributed by atoms with Gasteiger partial charge in [-0.1, -0.05) is 6.92 Å². The fourth-order valence-corrected chi connectivity index (χ4v) is 2.25. The summed E-state index contributed by atoms with van der Waals surface area (Å²) in [7, 11) is 1.58. The van der Waals surface area contributed by atoms with Crippen LogP contribution in [-0.2, 0) is 14.3 Å². The van der Waals surface area contributed by atoms with E-state index >= 15 is 0 Å². The molecule has 6 nitrogen and oxygen atoms in total. The topological polar surface area (TPSA) is 61.9 Å². The van der Waals surface area contributed by atoms with Gasteiger partial charge in [0, 0.05) is 39.8 Å². The minimum absolute atomic E-state index is 0.0943. The molecule has 1 fully saturated rings. The molecule has 1 saturated heterocycles. The smallest absolute Gasteiger partial charge is 0.237 e. The lowest BCUT2D eigenvalue weighted by molar-refractivity contribution is -0.149. The number of likely N-dealkylation sites (N-methyl/N-ethyl adjacent to an activating group) is 1. The van der Waals surface area contributed by atoms with Crippen LogP contribution in [0.1, 0.15) is 20.8 Å². The monoisotopic (exact) mass is 285 g/mol. The van der Waals surface area contributed by atoms with Gasteiger partial charge >= 0.3 is 0 Å². The number of methoxy groups -OCH3 is 1. The summed E-state index contributed by atoms with van der Waals surface area (Å²) >= 11 is 0. The third-order valence-corrected chi connectivity index (χ3v) is 3.80. The van der Waals surface area contributed by atoms with Crippen molar-refractivity contribution in [2.75, 3.05) is 53.0 Å². The van der Waals surface area contributed by atoms with Crippen molar-refractivity contribution in [3.8, 4) is 0 Å². The number of amides is 2. The second kappa shape index (κ2) is 7.59. The molecule has 0 aromatic rings. The molecule has 6 heteroatoms. The van der Waals surface area contributed by atoms with Crippen LogP contribution in [0, 0.1) is 5.41 Å². The van der Waals surface area contributed by atoms with Gasteiger partial charge in [0.1, 0.15) is 5.41 Å². The van der Waals surface area contributed by atoms with E-state index in [1.165, 1.54) is 0 Å². The molecule has 0 spiro atoms. The molecule has 1 N–H and O–H groups in total. The Morgan fingerprint density at radius 1 is 1.20 bits per heavy atom. The number of hydrogen-bond acceptors (Lipinski definition) is 4. The fourth-order valence-electron chi connectivity index (χ4n) is 2.25. The quantitative estimate of drug-likeness (QED) is 0.548. The second-order valence-corrected chi connectivity index (χ2v) is 5.60. The third-order valence-electron chi connectivity index (χ3n) is 3.80. The molecule has 116 valence electrons. The Morgan fingerprint density at radius 2 is 1.80 bits per heavy atom. The van der Waals surface area contributed by atoms with Crippen LogP contribution in [0.5, 0.6) is 0 Å². The highest BCUT2D eigenvalue weighted by atomic mass is 16.5. The molecule has 0 unspecified atom stereocenters. The maximum absolute atomic E-state index is 12.5. The van der Waals surface area contributed by atoms with Crippen LogP contribution in [0.2, 0.25) is 0 Å². The van der Waals surface area contributed by atoms with Crippen LogP contribution in [0.15, 0.2) is 0 Å². The van der Waals surface area contributed by atoms with Gasteiger partial charge in [-0.05, 0) is 20.4 Å². The van der Waals surface area contributed by atoms with Crippen molar-refractivity contribution in [3.05, 3.63) is 0 Å². The van der Waals surface area contributed by atoms with Crippen molar-refractivity contribution >= 4 is 11.8 Å². The number of ether oxygens (including phenoxy) is 1. The Kier molecular flexibility index (Phi) is 6.42. The zero-order valence-electron chi connectivity index (χ0n) is 13.1.